The van der Waals surface area contributed by atoms with Gasteiger partial charge < -0.3 is 9.64 Å². The maximum atomic E-state index is 13.1. The number of hydrogen-bond acceptors (Lipinski definition) is 4. The number of imide groups is 1. The van der Waals surface area contributed by atoms with Crippen LogP contribution in [0.2, 0.25) is 0 Å². The third-order valence-corrected chi connectivity index (χ3v) is 8.56. The summed E-state index contributed by atoms with van der Waals surface area (Å²) >= 11 is 0. The van der Waals surface area contributed by atoms with Crippen LogP contribution in [-0.4, -0.2) is 53.9 Å². The minimum absolute atomic E-state index is 0.0684. The average Bonchev–Trinajstić information content (AvgIpc) is 3.20. The number of carbonyl (C=O) groups is 2. The predicted molar refractivity (Wildman–Crippen MR) is 134 cm³/mol. The number of ether oxygens (including phenoxy) is 1. The van der Waals surface area contributed by atoms with Gasteiger partial charge in [-0.3, -0.25) is 14.5 Å². The SMILES string of the molecule is O=C1C2C3C=CC(CC3)C2C(=O)N1CCN1CCC(OC(c2ccccc2)c2ccccc2)CC1. The highest BCUT2D eigenvalue weighted by molar-refractivity contribution is 6.06. The van der Waals surface area contributed by atoms with E-state index in [2.05, 4.69) is 65.6 Å². The van der Waals surface area contributed by atoms with Gasteiger partial charge in [0.25, 0.3) is 0 Å². The smallest absolute Gasteiger partial charge is 0.233 e. The molecule has 3 aliphatic carbocycles. The minimum atomic E-state index is -0.0988. The van der Waals surface area contributed by atoms with Gasteiger partial charge in [0, 0.05) is 26.2 Å². The number of hydrogen-bond donors (Lipinski definition) is 0. The van der Waals surface area contributed by atoms with Crippen LogP contribution in [0.1, 0.15) is 42.9 Å². The van der Waals surface area contributed by atoms with Gasteiger partial charge in [0.1, 0.15) is 6.10 Å². The van der Waals surface area contributed by atoms with Gasteiger partial charge in [-0.25, -0.2) is 0 Å². The van der Waals surface area contributed by atoms with E-state index in [0.717, 1.165) is 45.3 Å². The van der Waals surface area contributed by atoms with Crippen molar-refractivity contribution >= 4 is 11.8 Å². The van der Waals surface area contributed by atoms with Crippen LogP contribution < -0.4 is 0 Å². The largest absolute Gasteiger partial charge is 0.365 e. The monoisotopic (exact) mass is 470 g/mol. The fourth-order valence-electron chi connectivity index (χ4n) is 6.66. The van der Waals surface area contributed by atoms with Crippen LogP contribution in [0.15, 0.2) is 72.8 Å². The predicted octanol–water partition coefficient (Wildman–Crippen LogP) is 4.45. The normalized spacial score (nSPS) is 28.8. The van der Waals surface area contributed by atoms with Crippen LogP contribution in [0.5, 0.6) is 0 Å². The average molecular weight is 471 g/mol. The molecule has 0 spiro atoms. The number of piperidine rings is 1. The van der Waals surface area contributed by atoms with Gasteiger partial charge in [0.15, 0.2) is 0 Å². The molecule has 4 unspecified atom stereocenters. The second kappa shape index (κ2) is 9.71. The number of carbonyl (C=O) groups excluding carboxylic acids is 2. The zero-order chi connectivity index (χ0) is 23.8. The standard InChI is InChI=1S/C30H34N2O3/c33-29-26-21-11-12-22(14-13-21)27(26)30(34)32(29)20-19-31-17-15-25(16-18-31)35-28(23-7-3-1-4-8-23)24-9-5-2-6-10-24/h1-12,21-22,25-28H,13-20H2. The molecule has 5 aliphatic rings. The molecule has 2 aromatic rings. The summed E-state index contributed by atoms with van der Waals surface area (Å²) in [7, 11) is 0. The van der Waals surface area contributed by atoms with Crippen LogP contribution >= 0.6 is 0 Å². The van der Waals surface area contributed by atoms with Crippen LogP contribution in [0.4, 0.5) is 0 Å². The number of likely N-dealkylation sites (tertiary alicyclic amines) is 2. The van der Waals surface area contributed by atoms with Gasteiger partial charge in [-0.15, -0.1) is 0 Å². The Kier molecular flexibility index (Phi) is 6.29. The van der Waals surface area contributed by atoms with E-state index < -0.39 is 0 Å². The van der Waals surface area contributed by atoms with Gasteiger partial charge in [0.2, 0.25) is 11.8 Å². The Labute approximate surface area is 207 Å². The quantitative estimate of drug-likeness (QED) is 0.443. The second-order valence-corrected chi connectivity index (χ2v) is 10.5. The molecule has 4 atom stereocenters. The van der Waals surface area contributed by atoms with Crippen molar-refractivity contribution in [1.82, 2.24) is 9.80 Å². The van der Waals surface area contributed by atoms with Crippen molar-refractivity contribution in [3.63, 3.8) is 0 Å². The Morgan fingerprint density at radius 1 is 0.714 bits per heavy atom. The van der Waals surface area contributed by atoms with Crippen molar-refractivity contribution in [1.29, 1.82) is 0 Å². The number of amides is 2. The van der Waals surface area contributed by atoms with Gasteiger partial charge in [-0.1, -0.05) is 72.8 Å². The third-order valence-electron chi connectivity index (χ3n) is 8.56. The fourth-order valence-corrected chi connectivity index (χ4v) is 6.66. The first-order chi connectivity index (χ1) is 17.2. The molecule has 2 heterocycles. The molecular formula is C30H34N2O3. The van der Waals surface area contributed by atoms with Crippen molar-refractivity contribution < 1.29 is 14.3 Å². The van der Waals surface area contributed by atoms with Gasteiger partial charge in [0.05, 0.1) is 17.9 Å². The summed E-state index contributed by atoms with van der Waals surface area (Å²) in [4.78, 5) is 30.1. The molecule has 2 aliphatic heterocycles. The van der Waals surface area contributed by atoms with Crippen molar-refractivity contribution in [2.24, 2.45) is 23.7 Å². The molecule has 2 aromatic carbocycles. The second-order valence-electron chi connectivity index (χ2n) is 10.5. The minimum Gasteiger partial charge on any atom is -0.365 e. The van der Waals surface area contributed by atoms with E-state index in [1.54, 1.807) is 4.90 Å². The van der Waals surface area contributed by atoms with Gasteiger partial charge in [-0.2, -0.15) is 0 Å². The lowest BCUT2D eigenvalue weighted by Gasteiger charge is -2.38. The first-order valence-corrected chi connectivity index (χ1v) is 13.2. The fraction of sp³-hybridized carbons (Fsp3) is 0.467. The number of allylic oxidation sites excluding steroid dienone is 2. The van der Waals surface area contributed by atoms with E-state index in [4.69, 9.17) is 4.74 Å². The maximum absolute atomic E-state index is 13.1. The van der Waals surface area contributed by atoms with E-state index in [-0.39, 0.29) is 47.7 Å². The van der Waals surface area contributed by atoms with Crippen molar-refractivity contribution in [2.75, 3.05) is 26.2 Å². The summed E-state index contributed by atoms with van der Waals surface area (Å²) < 4.78 is 6.67. The van der Waals surface area contributed by atoms with E-state index in [0.29, 0.717) is 6.54 Å². The Bertz CT molecular complexity index is 1010. The highest BCUT2D eigenvalue weighted by Crippen LogP contribution is 2.49. The lowest BCUT2D eigenvalue weighted by atomic mass is 9.63. The number of benzene rings is 2. The van der Waals surface area contributed by atoms with E-state index in [1.807, 2.05) is 12.1 Å². The molecule has 2 saturated heterocycles. The Morgan fingerprint density at radius 3 is 1.71 bits per heavy atom. The van der Waals surface area contributed by atoms with Gasteiger partial charge in [-0.05, 0) is 48.6 Å². The Morgan fingerprint density at radius 2 is 1.23 bits per heavy atom. The highest BCUT2D eigenvalue weighted by Gasteiger charge is 2.56. The molecule has 5 heteroatoms. The Hall–Kier alpha value is -2.76. The molecular weight excluding hydrogens is 436 g/mol. The van der Waals surface area contributed by atoms with Crippen LogP contribution in [-0.2, 0) is 14.3 Å². The van der Waals surface area contributed by atoms with E-state index in [9.17, 15) is 9.59 Å². The summed E-state index contributed by atoms with van der Waals surface area (Å²) in [5.74, 6) is 0.483. The number of fused-ring (bicyclic) bond motifs is 1. The summed E-state index contributed by atoms with van der Waals surface area (Å²) in [6.07, 6.45) is 8.51. The molecule has 2 bridgehead atoms. The highest BCUT2D eigenvalue weighted by atomic mass is 16.5. The van der Waals surface area contributed by atoms with Crippen molar-refractivity contribution in [3.8, 4) is 0 Å². The molecule has 182 valence electrons. The first-order valence-electron chi connectivity index (χ1n) is 13.2. The lowest BCUT2D eigenvalue weighted by molar-refractivity contribution is -0.140. The van der Waals surface area contributed by atoms with E-state index in [1.165, 1.54) is 11.1 Å². The molecule has 1 saturated carbocycles. The summed E-state index contributed by atoms with van der Waals surface area (Å²) in [6.45, 7) is 3.13. The van der Waals surface area contributed by atoms with Crippen LogP contribution in [0, 0.1) is 23.7 Å². The first kappa shape index (κ1) is 22.7. The van der Waals surface area contributed by atoms with Crippen LogP contribution in [0.25, 0.3) is 0 Å². The summed E-state index contributed by atoms with van der Waals surface area (Å²) in [5, 5.41) is 0. The Balaban J connectivity index is 1.04. The zero-order valence-corrected chi connectivity index (χ0v) is 20.2. The third kappa shape index (κ3) is 4.36. The zero-order valence-electron chi connectivity index (χ0n) is 20.2. The van der Waals surface area contributed by atoms with Crippen molar-refractivity contribution in [2.45, 2.75) is 37.9 Å². The number of rotatable bonds is 7. The maximum Gasteiger partial charge on any atom is 0.233 e. The molecule has 5 nitrogen and oxygen atoms in total. The summed E-state index contributed by atoms with van der Waals surface area (Å²) in [5.41, 5.74) is 2.36. The molecule has 0 N–H and O–H groups in total. The van der Waals surface area contributed by atoms with Crippen molar-refractivity contribution in [3.05, 3.63) is 83.9 Å². The molecule has 35 heavy (non-hydrogen) atoms. The molecule has 0 radical (unpaired) electrons. The van der Waals surface area contributed by atoms with Crippen LogP contribution in [0.3, 0.4) is 0 Å². The van der Waals surface area contributed by atoms with E-state index >= 15 is 0 Å². The topological polar surface area (TPSA) is 49.9 Å². The summed E-state index contributed by atoms with van der Waals surface area (Å²) in [6, 6.07) is 20.9. The molecule has 0 aromatic heterocycles. The number of nitrogens with zero attached hydrogens (tertiary/aromatic N) is 2. The van der Waals surface area contributed by atoms with Gasteiger partial charge >= 0.3 is 0 Å². The lowest BCUT2D eigenvalue weighted by Crippen LogP contribution is -2.43. The molecule has 7 rings (SSSR count). The molecule has 2 amide bonds. The molecule has 3 fully saturated rings.